The molecule has 0 amide bonds. The fourth-order valence-corrected chi connectivity index (χ4v) is 3.08. The van der Waals surface area contributed by atoms with Crippen molar-refractivity contribution in [1.29, 1.82) is 0 Å². The monoisotopic (exact) mass is 239 g/mol. The molecule has 2 atom stereocenters. The maximum absolute atomic E-state index is 5.78. The van der Waals surface area contributed by atoms with E-state index in [9.17, 15) is 0 Å². The lowest BCUT2D eigenvalue weighted by Crippen LogP contribution is -2.39. The summed E-state index contributed by atoms with van der Waals surface area (Å²) < 4.78 is 5.78. The van der Waals surface area contributed by atoms with Crippen molar-refractivity contribution in [3.63, 3.8) is 0 Å². The minimum atomic E-state index is 0.444. The quantitative estimate of drug-likeness (QED) is 0.824. The van der Waals surface area contributed by atoms with Crippen LogP contribution in [-0.2, 0) is 11.2 Å². The van der Waals surface area contributed by atoms with E-state index in [4.69, 9.17) is 4.74 Å². The fraction of sp³-hybridized carbons (Fsp3) is 0.692. The van der Waals surface area contributed by atoms with Gasteiger partial charge in [-0.3, -0.25) is 0 Å². The lowest BCUT2D eigenvalue weighted by atomic mass is 10.0. The molecule has 3 heteroatoms. The molecule has 2 rings (SSSR count). The van der Waals surface area contributed by atoms with Crippen LogP contribution in [0.2, 0.25) is 0 Å². The fourth-order valence-electron chi connectivity index (χ4n) is 2.35. The van der Waals surface area contributed by atoms with Crippen LogP contribution in [0, 0.1) is 0 Å². The van der Waals surface area contributed by atoms with E-state index in [0.29, 0.717) is 12.1 Å². The Morgan fingerprint density at radius 3 is 3.19 bits per heavy atom. The van der Waals surface area contributed by atoms with E-state index in [2.05, 4.69) is 29.8 Å². The summed E-state index contributed by atoms with van der Waals surface area (Å²) in [7, 11) is 0. The molecule has 1 saturated heterocycles. The molecule has 1 N–H and O–H groups in total. The van der Waals surface area contributed by atoms with Crippen molar-refractivity contribution >= 4 is 11.3 Å². The first-order chi connectivity index (χ1) is 7.90. The Labute approximate surface area is 102 Å². The molecule has 0 radical (unpaired) electrons. The lowest BCUT2D eigenvalue weighted by Gasteiger charge is -2.23. The molecular weight excluding hydrogens is 218 g/mol. The maximum Gasteiger partial charge on any atom is 0.0728 e. The molecule has 0 aliphatic carbocycles. The number of ether oxygens (including phenoxy) is 1. The van der Waals surface area contributed by atoms with Crippen LogP contribution in [0.25, 0.3) is 0 Å². The second-order valence-corrected chi connectivity index (χ2v) is 5.37. The van der Waals surface area contributed by atoms with Crippen molar-refractivity contribution in [2.45, 2.75) is 44.8 Å². The second-order valence-electron chi connectivity index (χ2n) is 4.33. The summed E-state index contributed by atoms with van der Waals surface area (Å²) in [5.41, 5.74) is 0. The molecule has 0 aromatic carbocycles. The van der Waals surface area contributed by atoms with Gasteiger partial charge in [0, 0.05) is 17.5 Å². The van der Waals surface area contributed by atoms with Crippen molar-refractivity contribution in [2.75, 3.05) is 13.2 Å². The molecule has 16 heavy (non-hydrogen) atoms. The van der Waals surface area contributed by atoms with Gasteiger partial charge in [0.15, 0.2) is 0 Å². The predicted octanol–water partition coefficient (Wildman–Crippen LogP) is 2.84. The van der Waals surface area contributed by atoms with Crippen LogP contribution in [0.15, 0.2) is 17.5 Å². The summed E-state index contributed by atoms with van der Waals surface area (Å²) in [6, 6.07) is 4.90. The van der Waals surface area contributed by atoms with Gasteiger partial charge in [-0.1, -0.05) is 13.0 Å². The zero-order valence-corrected chi connectivity index (χ0v) is 10.8. The summed E-state index contributed by atoms with van der Waals surface area (Å²) in [4.78, 5) is 1.49. The van der Waals surface area contributed by atoms with E-state index in [1.54, 1.807) is 0 Å². The van der Waals surface area contributed by atoms with Gasteiger partial charge in [0.25, 0.3) is 0 Å². The van der Waals surface area contributed by atoms with E-state index in [1.165, 1.54) is 30.6 Å². The highest BCUT2D eigenvalue weighted by Gasteiger charge is 2.24. The first-order valence-electron chi connectivity index (χ1n) is 6.27. The van der Waals surface area contributed by atoms with Gasteiger partial charge in [-0.05, 0) is 43.7 Å². The molecule has 1 aliphatic heterocycles. The van der Waals surface area contributed by atoms with E-state index >= 15 is 0 Å². The summed E-state index contributed by atoms with van der Waals surface area (Å²) in [6.45, 7) is 4.16. The van der Waals surface area contributed by atoms with Crippen molar-refractivity contribution in [1.82, 2.24) is 5.32 Å². The van der Waals surface area contributed by atoms with Gasteiger partial charge in [-0.15, -0.1) is 11.3 Å². The predicted molar refractivity (Wildman–Crippen MR) is 69.1 cm³/mol. The Morgan fingerprint density at radius 2 is 2.56 bits per heavy atom. The highest BCUT2D eigenvalue weighted by molar-refractivity contribution is 7.09. The third-order valence-corrected chi connectivity index (χ3v) is 4.10. The van der Waals surface area contributed by atoms with Crippen molar-refractivity contribution in [3.8, 4) is 0 Å². The van der Waals surface area contributed by atoms with Gasteiger partial charge in [0.2, 0.25) is 0 Å². The molecule has 2 heterocycles. The summed E-state index contributed by atoms with van der Waals surface area (Å²) >= 11 is 1.86. The average molecular weight is 239 g/mol. The third kappa shape index (κ3) is 3.30. The largest absolute Gasteiger partial charge is 0.377 e. The van der Waals surface area contributed by atoms with E-state index in [0.717, 1.165) is 13.2 Å². The van der Waals surface area contributed by atoms with Crippen LogP contribution in [0.3, 0.4) is 0 Å². The normalized spacial score (nSPS) is 22.4. The Kier molecular flexibility index (Phi) is 4.82. The van der Waals surface area contributed by atoms with Gasteiger partial charge < -0.3 is 10.1 Å². The second kappa shape index (κ2) is 6.38. The highest BCUT2D eigenvalue weighted by atomic mass is 32.1. The lowest BCUT2D eigenvalue weighted by molar-refractivity contribution is 0.0763. The number of thiophene rings is 1. The molecule has 0 saturated carbocycles. The molecule has 2 nitrogen and oxygen atoms in total. The van der Waals surface area contributed by atoms with Crippen LogP contribution < -0.4 is 5.32 Å². The molecule has 0 bridgehead atoms. The first kappa shape index (κ1) is 12.1. The number of hydrogen-bond donors (Lipinski definition) is 1. The van der Waals surface area contributed by atoms with E-state index < -0.39 is 0 Å². The van der Waals surface area contributed by atoms with E-state index in [1.807, 2.05) is 11.3 Å². The van der Waals surface area contributed by atoms with Gasteiger partial charge in [-0.2, -0.15) is 0 Å². The van der Waals surface area contributed by atoms with Crippen molar-refractivity contribution in [3.05, 3.63) is 22.4 Å². The smallest absolute Gasteiger partial charge is 0.0728 e. The Bertz CT molecular complexity index is 280. The maximum atomic E-state index is 5.78. The topological polar surface area (TPSA) is 21.3 Å². The molecule has 90 valence electrons. The highest BCUT2D eigenvalue weighted by Crippen LogP contribution is 2.20. The number of rotatable bonds is 6. The third-order valence-electron chi connectivity index (χ3n) is 3.16. The van der Waals surface area contributed by atoms with E-state index in [-0.39, 0.29) is 0 Å². The standard InChI is InChI=1S/C13H21NOS/c1-2-14-12(13-6-3-9-15-13)8-7-11-5-4-10-16-11/h4-5,10,12-14H,2-3,6-9H2,1H3. The number of aryl methyl sites for hydroxylation is 1. The first-order valence-corrected chi connectivity index (χ1v) is 7.15. The molecule has 1 aromatic heterocycles. The summed E-state index contributed by atoms with van der Waals surface area (Å²) in [6.07, 6.45) is 5.27. The molecule has 0 spiro atoms. The van der Waals surface area contributed by atoms with Crippen LogP contribution in [0.1, 0.15) is 31.1 Å². The zero-order valence-electron chi connectivity index (χ0n) is 9.95. The van der Waals surface area contributed by atoms with Crippen LogP contribution in [0.5, 0.6) is 0 Å². The number of hydrogen-bond acceptors (Lipinski definition) is 3. The Hall–Kier alpha value is -0.380. The number of likely N-dealkylation sites (N-methyl/N-ethyl adjacent to an activating group) is 1. The number of nitrogens with one attached hydrogen (secondary N) is 1. The molecule has 2 unspecified atom stereocenters. The van der Waals surface area contributed by atoms with Gasteiger partial charge in [0.05, 0.1) is 6.10 Å². The summed E-state index contributed by atoms with van der Waals surface area (Å²) in [5, 5.41) is 5.72. The van der Waals surface area contributed by atoms with Crippen molar-refractivity contribution < 1.29 is 4.74 Å². The van der Waals surface area contributed by atoms with Crippen LogP contribution in [-0.4, -0.2) is 25.3 Å². The van der Waals surface area contributed by atoms with Gasteiger partial charge in [-0.25, -0.2) is 0 Å². The average Bonchev–Trinajstić information content (AvgIpc) is 2.96. The Morgan fingerprint density at radius 1 is 1.62 bits per heavy atom. The summed E-state index contributed by atoms with van der Waals surface area (Å²) in [5.74, 6) is 0. The molecular formula is C13H21NOS. The minimum absolute atomic E-state index is 0.444. The minimum Gasteiger partial charge on any atom is -0.377 e. The zero-order chi connectivity index (χ0) is 11.2. The molecule has 1 aromatic rings. The SMILES string of the molecule is CCNC(CCc1cccs1)C1CCCO1. The van der Waals surface area contributed by atoms with Gasteiger partial charge >= 0.3 is 0 Å². The molecule has 1 fully saturated rings. The van der Waals surface area contributed by atoms with Crippen LogP contribution >= 0.6 is 11.3 Å². The van der Waals surface area contributed by atoms with Crippen LogP contribution in [0.4, 0.5) is 0 Å². The Balaban J connectivity index is 1.82. The van der Waals surface area contributed by atoms with Gasteiger partial charge in [0.1, 0.15) is 0 Å². The molecule has 1 aliphatic rings. The van der Waals surface area contributed by atoms with Crippen molar-refractivity contribution in [2.24, 2.45) is 0 Å².